The van der Waals surface area contributed by atoms with Gasteiger partial charge in [-0.15, -0.1) is 0 Å². The molecule has 0 fully saturated rings. The fourth-order valence-corrected chi connectivity index (χ4v) is 2.19. The van der Waals surface area contributed by atoms with E-state index in [0.29, 0.717) is 18.2 Å². The van der Waals surface area contributed by atoms with E-state index in [2.05, 4.69) is 40.6 Å². The molecule has 0 unspecified atom stereocenters. The first-order chi connectivity index (χ1) is 9.00. The number of nitrogens with one attached hydrogen (secondary N) is 1. The van der Waals surface area contributed by atoms with Crippen LogP contribution in [-0.4, -0.2) is 11.1 Å². The van der Waals surface area contributed by atoms with E-state index in [1.54, 1.807) is 0 Å². The zero-order valence-electron chi connectivity index (χ0n) is 11.7. The number of ether oxygens (including phenoxy) is 1. The summed E-state index contributed by atoms with van der Waals surface area (Å²) in [5, 5.41) is 3.07. The minimum Gasteiger partial charge on any atom is -0.442 e. The van der Waals surface area contributed by atoms with Gasteiger partial charge >= 0.3 is 0 Å². The molecule has 0 spiro atoms. The molecule has 4 nitrogen and oxygen atoms in total. The molecule has 0 atom stereocenters. The van der Waals surface area contributed by atoms with Gasteiger partial charge in [0.1, 0.15) is 23.7 Å². The molecule has 0 aromatic carbocycles. The Hall–Kier alpha value is -2.23. The molecule has 0 saturated carbocycles. The summed E-state index contributed by atoms with van der Waals surface area (Å²) in [6.07, 6.45) is 8.13. The molecule has 1 aromatic rings. The van der Waals surface area contributed by atoms with Gasteiger partial charge in [-0.25, -0.2) is 9.13 Å². The van der Waals surface area contributed by atoms with Gasteiger partial charge in [-0.05, 0) is 19.1 Å². The summed E-state index contributed by atoms with van der Waals surface area (Å²) in [6, 6.07) is 0. The van der Waals surface area contributed by atoms with E-state index < -0.39 is 0 Å². The first-order valence-corrected chi connectivity index (χ1v) is 6.19. The second kappa shape index (κ2) is 5.18. The third-order valence-corrected chi connectivity index (χ3v) is 3.11. The molecule has 0 aliphatic carbocycles. The number of aromatic nitrogens is 2. The molecule has 0 radical (unpaired) electrons. The van der Waals surface area contributed by atoms with Gasteiger partial charge in [0, 0.05) is 6.54 Å². The minimum atomic E-state index is 0.513. The number of aryl methyl sites for hydroxylation is 2. The van der Waals surface area contributed by atoms with Crippen LogP contribution in [0.1, 0.15) is 12.7 Å². The molecule has 4 heteroatoms. The van der Waals surface area contributed by atoms with E-state index in [4.69, 9.17) is 4.74 Å². The molecular weight excluding hydrogens is 238 g/mol. The molecule has 2 rings (SSSR count). The van der Waals surface area contributed by atoms with Crippen LogP contribution in [0, 0.1) is 0 Å². The number of nitrogens with zero attached hydrogens (tertiary/aromatic N) is 2. The lowest BCUT2D eigenvalue weighted by atomic mass is 10.1. The van der Waals surface area contributed by atoms with Gasteiger partial charge in [-0.2, -0.15) is 0 Å². The van der Waals surface area contributed by atoms with Crippen molar-refractivity contribution in [2.45, 2.75) is 6.92 Å². The third kappa shape index (κ3) is 2.62. The molecule has 100 valence electrons. The number of rotatable bonds is 1. The average Bonchev–Trinajstić information content (AvgIpc) is 2.68. The molecule has 0 amide bonds. The predicted molar refractivity (Wildman–Crippen MR) is 75.7 cm³/mol. The first-order valence-electron chi connectivity index (χ1n) is 6.19. The quantitative estimate of drug-likeness (QED) is 0.778. The molecule has 0 bridgehead atoms. The summed E-state index contributed by atoms with van der Waals surface area (Å²) >= 11 is 0. The Morgan fingerprint density at radius 2 is 2.16 bits per heavy atom. The maximum absolute atomic E-state index is 5.66. The van der Waals surface area contributed by atoms with Crippen molar-refractivity contribution in [3.8, 4) is 0 Å². The number of allylic oxidation sites excluding steroid dienone is 3. The van der Waals surface area contributed by atoms with Crippen molar-refractivity contribution >= 4 is 5.57 Å². The zero-order chi connectivity index (χ0) is 14.0. The lowest BCUT2D eigenvalue weighted by Crippen LogP contribution is -2.32. The summed E-state index contributed by atoms with van der Waals surface area (Å²) < 4.78 is 9.77. The van der Waals surface area contributed by atoms with Crippen LogP contribution >= 0.6 is 0 Å². The topological polar surface area (TPSA) is 30.1 Å². The Morgan fingerprint density at radius 1 is 1.42 bits per heavy atom. The predicted octanol–water partition coefficient (Wildman–Crippen LogP) is 1.78. The SMILES string of the molecule is C=C1NC/C=C\C(C)=C(\c2n(C)cc[n+]2C)C(=C)O1. The highest BCUT2D eigenvalue weighted by molar-refractivity contribution is 5.76. The molecule has 1 aliphatic rings. The van der Waals surface area contributed by atoms with Crippen LogP contribution in [0.2, 0.25) is 0 Å². The standard InChI is InChI=1S/C15H20N3O/c1-11-7-6-8-16-13(3)19-12(2)14(11)15-17(4)9-10-18(15)5/h6-7,9-10,16H,2-3,8H2,1,4-5H3/q+1/b7-6-,14-11+. The number of hydrogen-bond acceptors (Lipinski definition) is 2. The van der Waals surface area contributed by atoms with E-state index in [-0.39, 0.29) is 0 Å². The second-order valence-electron chi connectivity index (χ2n) is 4.63. The van der Waals surface area contributed by atoms with E-state index in [1.807, 2.05) is 32.6 Å². The summed E-state index contributed by atoms with van der Waals surface area (Å²) in [5.74, 6) is 2.15. The van der Waals surface area contributed by atoms with E-state index >= 15 is 0 Å². The Balaban J connectivity index is 2.57. The van der Waals surface area contributed by atoms with Gasteiger partial charge < -0.3 is 10.1 Å². The maximum atomic E-state index is 5.66. The van der Waals surface area contributed by atoms with Crippen LogP contribution in [0.3, 0.4) is 0 Å². The van der Waals surface area contributed by atoms with E-state index in [1.165, 1.54) is 0 Å². The number of hydrogen-bond donors (Lipinski definition) is 1. The van der Waals surface area contributed by atoms with Crippen LogP contribution in [0.25, 0.3) is 5.57 Å². The zero-order valence-corrected chi connectivity index (χ0v) is 11.7. The number of imidazole rings is 1. The largest absolute Gasteiger partial charge is 0.442 e. The Labute approximate surface area is 114 Å². The second-order valence-corrected chi connectivity index (χ2v) is 4.63. The Kier molecular flexibility index (Phi) is 3.60. The van der Waals surface area contributed by atoms with Crippen molar-refractivity contribution in [1.29, 1.82) is 0 Å². The maximum Gasteiger partial charge on any atom is 0.292 e. The highest BCUT2D eigenvalue weighted by atomic mass is 16.5. The Morgan fingerprint density at radius 3 is 2.79 bits per heavy atom. The van der Waals surface area contributed by atoms with Crippen molar-refractivity contribution in [3.05, 3.63) is 60.7 Å². The molecular formula is C15H20N3O+. The van der Waals surface area contributed by atoms with Crippen molar-refractivity contribution in [3.63, 3.8) is 0 Å². The lowest BCUT2D eigenvalue weighted by Gasteiger charge is -2.13. The fourth-order valence-electron chi connectivity index (χ4n) is 2.19. The van der Waals surface area contributed by atoms with Crippen LogP contribution in [0.4, 0.5) is 0 Å². The van der Waals surface area contributed by atoms with Crippen LogP contribution < -0.4 is 9.88 Å². The summed E-state index contributed by atoms with van der Waals surface area (Å²) in [7, 11) is 4.01. The molecule has 19 heavy (non-hydrogen) atoms. The van der Waals surface area contributed by atoms with E-state index in [9.17, 15) is 0 Å². The smallest absolute Gasteiger partial charge is 0.292 e. The van der Waals surface area contributed by atoms with Gasteiger partial charge in [0.15, 0.2) is 5.88 Å². The molecule has 1 aromatic heterocycles. The molecule has 1 N–H and O–H groups in total. The van der Waals surface area contributed by atoms with Gasteiger partial charge in [0.05, 0.1) is 14.1 Å². The van der Waals surface area contributed by atoms with Crippen LogP contribution in [-0.2, 0) is 18.8 Å². The summed E-state index contributed by atoms with van der Waals surface area (Å²) in [5.41, 5.74) is 2.09. The third-order valence-electron chi connectivity index (χ3n) is 3.11. The molecule has 2 heterocycles. The average molecular weight is 258 g/mol. The fraction of sp³-hybridized carbons (Fsp3) is 0.267. The molecule has 0 saturated heterocycles. The minimum absolute atomic E-state index is 0.513. The Bertz CT molecular complexity index is 571. The first kappa shape index (κ1) is 13.2. The van der Waals surface area contributed by atoms with Crippen molar-refractivity contribution in [2.75, 3.05) is 6.54 Å². The van der Waals surface area contributed by atoms with Gasteiger partial charge in [0.25, 0.3) is 5.82 Å². The van der Waals surface area contributed by atoms with Gasteiger partial charge in [-0.3, -0.25) is 0 Å². The summed E-state index contributed by atoms with van der Waals surface area (Å²) in [4.78, 5) is 0. The van der Waals surface area contributed by atoms with Crippen molar-refractivity contribution in [1.82, 2.24) is 9.88 Å². The molecule has 1 aliphatic heterocycles. The summed E-state index contributed by atoms with van der Waals surface area (Å²) in [6.45, 7) is 10.6. The van der Waals surface area contributed by atoms with Crippen molar-refractivity contribution < 1.29 is 9.30 Å². The monoisotopic (exact) mass is 258 g/mol. The highest BCUT2D eigenvalue weighted by Crippen LogP contribution is 2.26. The van der Waals surface area contributed by atoms with Crippen molar-refractivity contribution in [2.24, 2.45) is 14.1 Å². The normalized spacial score (nSPS) is 22.1. The van der Waals surface area contributed by atoms with Gasteiger partial charge in [-0.1, -0.05) is 18.7 Å². The van der Waals surface area contributed by atoms with Crippen LogP contribution in [0.5, 0.6) is 0 Å². The lowest BCUT2D eigenvalue weighted by molar-refractivity contribution is -0.673. The van der Waals surface area contributed by atoms with Crippen LogP contribution in [0.15, 0.2) is 54.9 Å². The highest BCUT2D eigenvalue weighted by Gasteiger charge is 2.23. The van der Waals surface area contributed by atoms with E-state index in [0.717, 1.165) is 17.0 Å². The van der Waals surface area contributed by atoms with Gasteiger partial charge in [0.2, 0.25) is 0 Å².